The Morgan fingerprint density at radius 3 is 2.13 bits per heavy atom. The van der Waals surface area contributed by atoms with Crippen molar-refractivity contribution in [3.63, 3.8) is 0 Å². The van der Waals surface area contributed by atoms with Gasteiger partial charge in [0.25, 0.3) is 23.8 Å². The normalized spacial score (nSPS) is 20.3. The molecule has 26 nitrogen and oxygen atoms in total. The SMILES string of the molecule is [C-]#[N+][C@@H]1CC(F)(F)CN1C(=O)CNC(=O)c1ccnc2c(NC(=O)CCC(=O)N[C@@H](CCCN=C(N)N(C)C)C(=O)N[C@@H](Cc3ccccc3)C(=O)N3CCN(C(=O)CN4CCN5CCN(CC4)CC(=O)[O][Al]([18F])[O]C(=O)C5)CC3)cccc12. The summed E-state index contributed by atoms with van der Waals surface area (Å²) in [5, 5.41) is 11.0. The Balaban J connectivity index is 0.960. The van der Waals surface area contributed by atoms with E-state index in [0.29, 0.717) is 39.3 Å². The van der Waals surface area contributed by atoms with Crippen LogP contribution in [0.2, 0.25) is 0 Å². The van der Waals surface area contributed by atoms with Crippen molar-refractivity contribution < 1.29 is 63.0 Å². The number of likely N-dealkylation sites (tertiary alicyclic amines) is 1. The molecule has 0 spiro atoms. The summed E-state index contributed by atoms with van der Waals surface area (Å²) in [7, 11) is 3.43. The third-order valence-corrected chi connectivity index (χ3v) is 15.5. The molecule has 3 aromatic rings. The van der Waals surface area contributed by atoms with E-state index in [-0.39, 0.29) is 118 Å². The van der Waals surface area contributed by atoms with Crippen LogP contribution in [-0.2, 0) is 52.4 Å². The van der Waals surface area contributed by atoms with Crippen LogP contribution < -0.4 is 27.0 Å². The summed E-state index contributed by atoms with van der Waals surface area (Å²) < 4.78 is 51.6. The third kappa shape index (κ3) is 18.5. The van der Waals surface area contributed by atoms with Crippen LogP contribution in [0.1, 0.15) is 48.0 Å². The molecule has 4 aliphatic heterocycles. The molecule has 0 radical (unpaired) electrons. The van der Waals surface area contributed by atoms with Crippen molar-refractivity contribution in [2.24, 2.45) is 10.7 Å². The number of halogens is 3. The van der Waals surface area contributed by atoms with E-state index >= 15 is 0 Å². The van der Waals surface area contributed by atoms with E-state index in [2.05, 4.69) is 36.1 Å². The van der Waals surface area contributed by atoms with Gasteiger partial charge in [0.1, 0.15) is 18.5 Å². The predicted octanol–water partition coefficient (Wildman–Crippen LogP) is -0.690. The molecule has 4 aliphatic rings. The summed E-state index contributed by atoms with van der Waals surface area (Å²) in [6, 6.07) is 12.7. The van der Waals surface area contributed by atoms with Crippen molar-refractivity contribution in [3.8, 4) is 0 Å². The number of alkyl halides is 2. The highest BCUT2D eigenvalue weighted by Gasteiger charge is 2.51. The minimum atomic E-state index is -3.97. The van der Waals surface area contributed by atoms with Crippen molar-refractivity contribution in [2.45, 2.75) is 62.7 Å². The van der Waals surface area contributed by atoms with Gasteiger partial charge in [0.2, 0.25) is 35.4 Å². The average molecular weight is 1190 g/mol. The number of fused-ring (bicyclic) bond motifs is 4. The highest BCUT2D eigenvalue weighted by atomic mass is 27.3. The van der Waals surface area contributed by atoms with Gasteiger partial charge in [0.15, 0.2) is 5.96 Å². The van der Waals surface area contributed by atoms with E-state index in [0.717, 1.165) is 10.5 Å². The molecule has 4 saturated heterocycles. The molecule has 4 fully saturated rings. The number of hydrogen-bond acceptors (Lipinski definition) is 16. The number of anilines is 1. The first-order chi connectivity index (χ1) is 40.1. The molecule has 6 N–H and O–H groups in total. The lowest BCUT2D eigenvalue weighted by atomic mass is 10.0. The number of aliphatic imine (C=N–C) groups is 1. The molecule has 0 aliphatic carbocycles. The van der Waals surface area contributed by atoms with Crippen molar-refractivity contribution in [2.75, 3.05) is 124 Å². The van der Waals surface area contributed by atoms with Gasteiger partial charge in [0, 0.05) is 117 Å². The maximum Gasteiger partial charge on any atom is 1.15 e. The number of carbonyl (C=O) groups is 9. The molecule has 2 unspecified atom stereocenters. The monoisotopic (exact) mass is 1190 g/mol. The van der Waals surface area contributed by atoms with Crippen LogP contribution in [0.15, 0.2) is 65.8 Å². The zero-order chi connectivity index (χ0) is 60.5. The van der Waals surface area contributed by atoms with E-state index in [1.165, 1.54) is 18.3 Å². The molecule has 2 aromatic carbocycles. The standard InChI is InChI=1S/C54H71F2N15O11.Al.FH/c1-58-42-30-54(55,56)35-71(42)45(74)31-61-50(80)38-16-18-59-49-37(38)11-7-12-39(49)62-43(72)14-15-44(73)63-40(13-8-17-60-53(57)65(2)3)51(81)64-41(29-36-9-5-4-6-10-36)52(82)70-27-25-69(26-28-70)46(75)32-66-19-21-67(33-47(76)77)23-24-68(22-20-66)34-48(78)79;;/h4-7,9-12,16,18,40-42H,8,13-15,17,19-35H2,2-3H3,(H2,57,60)(H,61,80)(H,62,72)(H,63,73)(H,64,81)(H,76,77)(H,78,79);;1H/q;+3;/p-3/t40-,41-,42-;;/m0../s1/i;;1-1. The third-order valence-electron chi connectivity index (χ3n) is 14.6. The lowest BCUT2D eigenvalue weighted by Crippen LogP contribution is -2.59. The second-order valence-electron chi connectivity index (χ2n) is 20.9. The number of aromatic nitrogens is 1. The first-order valence-electron chi connectivity index (χ1n) is 27.5. The number of hydrogen-bond donors (Lipinski definition) is 5. The van der Waals surface area contributed by atoms with Crippen LogP contribution in [-0.4, -0.2) is 257 Å². The zero-order valence-corrected chi connectivity index (χ0v) is 48.0. The Morgan fingerprint density at radius 1 is 0.833 bits per heavy atom. The average Bonchev–Trinajstić information content (AvgIpc) is 2.85. The molecule has 30 heteroatoms. The smallest absolute Gasteiger partial charge is 0.558 e. The second-order valence-corrected chi connectivity index (χ2v) is 21.9. The van der Waals surface area contributed by atoms with E-state index in [9.17, 15) is 55.5 Å². The van der Waals surface area contributed by atoms with Crippen LogP contribution in [0, 0.1) is 6.57 Å². The predicted molar refractivity (Wildman–Crippen MR) is 299 cm³/mol. The van der Waals surface area contributed by atoms with Crippen molar-refractivity contribution in [1.82, 2.24) is 55.2 Å². The van der Waals surface area contributed by atoms with Gasteiger partial charge in [0.05, 0.1) is 49.5 Å². The van der Waals surface area contributed by atoms with Gasteiger partial charge in [-0.05, 0) is 30.5 Å². The number of guanidine groups is 1. The number of pyridine rings is 1. The first-order valence-corrected chi connectivity index (χ1v) is 28.9. The summed E-state index contributed by atoms with van der Waals surface area (Å²) in [5.41, 5.74) is 7.17. The Kier molecular flexibility index (Phi) is 22.7. The fourth-order valence-electron chi connectivity index (χ4n) is 9.94. The number of benzene rings is 2. The lowest BCUT2D eigenvalue weighted by molar-refractivity contribution is -0.143. The van der Waals surface area contributed by atoms with Crippen LogP contribution in [0.5, 0.6) is 0 Å². The molecular formula is C54H69AlF3N15O11. The van der Waals surface area contributed by atoms with Gasteiger partial charge in [-0.25, -0.2) is 15.4 Å². The fourth-order valence-corrected chi connectivity index (χ4v) is 10.5. The maximum absolute atomic E-state index is 14.5. The Labute approximate surface area is 488 Å². The van der Waals surface area contributed by atoms with Crippen molar-refractivity contribution >= 4 is 91.1 Å². The number of para-hydroxylation sites is 1. The molecule has 5 heterocycles. The summed E-state index contributed by atoms with van der Waals surface area (Å²) in [4.78, 5) is 144. The van der Waals surface area contributed by atoms with Crippen molar-refractivity contribution in [3.05, 3.63) is 83.3 Å². The maximum atomic E-state index is 14.5. The van der Waals surface area contributed by atoms with Gasteiger partial charge in [-0.3, -0.25) is 77.6 Å². The largest absolute Gasteiger partial charge is 1.15 e. The summed E-state index contributed by atoms with van der Waals surface area (Å²) in [6.45, 7) is 8.46. The number of nitrogens with two attached hydrogens (primary N) is 1. The molecule has 7 rings (SSSR count). The molecule has 5 atom stereocenters. The zero-order valence-electron chi connectivity index (χ0n) is 46.8. The highest BCUT2D eigenvalue weighted by Crippen LogP contribution is 2.33. The second kappa shape index (κ2) is 30.0. The van der Waals surface area contributed by atoms with Gasteiger partial charge in [-0.2, -0.15) is 0 Å². The van der Waals surface area contributed by atoms with Crippen LogP contribution in [0.3, 0.4) is 0 Å². The lowest BCUT2D eigenvalue weighted by Gasteiger charge is -2.37. The van der Waals surface area contributed by atoms with Gasteiger partial charge in [-0.1, -0.05) is 42.5 Å². The molecule has 0 saturated carbocycles. The van der Waals surface area contributed by atoms with Crippen LogP contribution >= 0.6 is 0 Å². The molecule has 7 amide bonds. The Bertz CT molecular complexity index is 2940. The van der Waals surface area contributed by atoms with Gasteiger partial charge >= 0.3 is 21.4 Å². The van der Waals surface area contributed by atoms with Gasteiger partial charge in [-0.15, -0.1) is 0 Å². The first kappa shape index (κ1) is 63.6. The number of amides is 7. The summed E-state index contributed by atoms with van der Waals surface area (Å²) in [6.07, 6.45) is -1.15. The molecule has 450 valence electrons. The number of rotatable bonds is 19. The minimum Gasteiger partial charge on any atom is -0.558 e. The Hall–Kier alpha value is -7.96. The number of nitrogens with one attached hydrogen (secondary N) is 4. The Morgan fingerprint density at radius 2 is 1.48 bits per heavy atom. The molecule has 2 bridgehead atoms. The molecular weight excluding hydrogens is 1120 g/mol. The van der Waals surface area contributed by atoms with E-state index < -0.39 is 106 Å². The van der Waals surface area contributed by atoms with Crippen LogP contribution in [0.25, 0.3) is 15.7 Å². The van der Waals surface area contributed by atoms with Crippen molar-refractivity contribution in [1.29, 1.82) is 0 Å². The number of piperazine rings is 1. The fraction of sp³-hybridized carbons (Fsp3) is 0.519. The van der Waals surface area contributed by atoms with E-state index in [1.54, 1.807) is 62.9 Å². The highest BCUT2D eigenvalue weighted by molar-refractivity contribution is 6.41. The number of nitrogens with zero attached hydrogens (tertiary/aromatic N) is 10. The minimum absolute atomic E-state index is 0.0167. The molecule has 84 heavy (non-hydrogen) atoms. The molecule has 1 aromatic heterocycles. The van der Waals surface area contributed by atoms with Gasteiger partial charge < -0.3 is 52.8 Å². The van der Waals surface area contributed by atoms with E-state index in [4.69, 9.17) is 19.9 Å². The topological polar surface area (TPSA) is 299 Å². The summed E-state index contributed by atoms with van der Waals surface area (Å²) >= 11 is -3.97. The number of carbonyl (C=O) groups excluding carboxylic acids is 9. The van der Waals surface area contributed by atoms with Crippen LogP contribution in [0.4, 0.5) is 18.0 Å². The quantitative estimate of drug-likeness (QED) is 0.0326. The van der Waals surface area contributed by atoms with E-state index in [1.807, 2.05) is 23.1 Å². The summed E-state index contributed by atoms with van der Waals surface area (Å²) in [5.74, 6) is -8.79.